The molecule has 0 amide bonds. The maximum Gasteiger partial charge on any atom is 1.00 e. The second kappa shape index (κ2) is 24.5. The first-order chi connectivity index (χ1) is 6.59. The van der Waals surface area contributed by atoms with Crippen LogP contribution in [0.15, 0.2) is 30.0 Å². The van der Waals surface area contributed by atoms with Crippen LogP contribution in [-0.4, -0.2) is 5.78 Å². The maximum absolute atomic E-state index is 10.7. The molecule has 2 nitrogen and oxygen atoms in total. The van der Waals surface area contributed by atoms with Crippen LogP contribution in [0.5, 0.6) is 0 Å². The minimum atomic E-state index is -0.153. The molecule has 0 fully saturated rings. The van der Waals surface area contributed by atoms with Gasteiger partial charge in [0.25, 0.3) is 0 Å². The molecule has 0 spiro atoms. The molecule has 0 bridgehead atoms. The van der Waals surface area contributed by atoms with E-state index in [0.29, 0.717) is 5.57 Å². The average molecular weight is 250 g/mol. The van der Waals surface area contributed by atoms with Gasteiger partial charge in [-0.05, 0) is 6.92 Å². The Kier molecular flexibility index (Phi) is 45.8. The Hall–Kier alpha value is 0.326. The van der Waals surface area contributed by atoms with E-state index in [-0.39, 0.29) is 70.3 Å². The van der Waals surface area contributed by atoms with Crippen molar-refractivity contribution in [2.45, 2.75) is 34.6 Å². The van der Waals surface area contributed by atoms with Crippen LogP contribution < -0.4 is 57.1 Å². The monoisotopic (exact) mass is 250 g/mol. The van der Waals surface area contributed by atoms with Gasteiger partial charge >= 0.3 is 51.4 Å². The molecule has 0 radical (unpaired) electrons. The predicted molar refractivity (Wildman–Crippen MR) is 70.1 cm³/mol. The molecule has 0 aliphatic heterocycles. The van der Waals surface area contributed by atoms with Crippen LogP contribution in [0.3, 0.4) is 0 Å². The first-order valence-electron chi connectivity index (χ1n) is 4.81. The van der Waals surface area contributed by atoms with Gasteiger partial charge in [-0.1, -0.05) is 33.8 Å². The molecule has 0 unspecified atom stereocenters. The SMILES string of the molecule is CC.CC.[CH-]=C(N)/C(=C\C=C)C(C)=O.[CH3-].[K+]. The number of nitrogens with two attached hydrogens (primary N) is 1. The summed E-state index contributed by atoms with van der Waals surface area (Å²) in [6, 6.07) is 0. The van der Waals surface area contributed by atoms with Gasteiger partial charge in [-0.3, -0.25) is 6.58 Å². The maximum atomic E-state index is 10.7. The number of Topliss-reactive ketones (excluding diaryl/α,β-unsaturated/α-hetero) is 1. The zero-order valence-electron chi connectivity index (χ0n) is 11.9. The smallest absolute Gasteiger partial charge is 0.431 e. The Morgan fingerprint density at radius 2 is 1.56 bits per heavy atom. The van der Waals surface area contributed by atoms with E-state index in [0.717, 1.165) is 0 Å². The van der Waals surface area contributed by atoms with Crippen LogP contribution in [0.25, 0.3) is 0 Å². The van der Waals surface area contributed by atoms with Crippen LogP contribution in [-0.2, 0) is 4.79 Å². The summed E-state index contributed by atoms with van der Waals surface area (Å²) < 4.78 is 0. The van der Waals surface area contributed by atoms with E-state index in [9.17, 15) is 4.79 Å². The Labute approximate surface area is 144 Å². The van der Waals surface area contributed by atoms with E-state index in [1.165, 1.54) is 19.1 Å². The molecular weight excluding hydrogens is 225 g/mol. The van der Waals surface area contributed by atoms with Crippen LogP contribution in [0.4, 0.5) is 0 Å². The van der Waals surface area contributed by atoms with E-state index >= 15 is 0 Å². The summed E-state index contributed by atoms with van der Waals surface area (Å²) in [6.45, 7) is 18.0. The van der Waals surface area contributed by atoms with Gasteiger partial charge in [-0.2, -0.15) is 0 Å². The molecule has 2 N–H and O–H groups in total. The van der Waals surface area contributed by atoms with Crippen molar-refractivity contribution in [1.82, 2.24) is 0 Å². The van der Waals surface area contributed by atoms with Gasteiger partial charge in [0.05, 0.1) is 5.78 Å². The second-order valence-electron chi connectivity index (χ2n) is 1.83. The molecule has 90 valence electrons. The first kappa shape index (κ1) is 29.9. The van der Waals surface area contributed by atoms with E-state index < -0.39 is 0 Å². The quantitative estimate of drug-likeness (QED) is 0.342. The number of hydrogen-bond donors (Lipinski definition) is 1. The summed E-state index contributed by atoms with van der Waals surface area (Å²) >= 11 is 0. The number of carbonyl (C=O) groups excluding carboxylic acids is 1. The van der Waals surface area contributed by atoms with Crippen molar-refractivity contribution in [2.75, 3.05) is 0 Å². The summed E-state index contributed by atoms with van der Waals surface area (Å²) in [5.41, 5.74) is 5.53. The molecule has 0 aromatic rings. The molecule has 0 aromatic heterocycles. The molecule has 0 heterocycles. The fourth-order valence-corrected chi connectivity index (χ4v) is 0.535. The number of carbonyl (C=O) groups is 1. The van der Waals surface area contributed by atoms with Crippen molar-refractivity contribution in [3.05, 3.63) is 44.0 Å². The Morgan fingerprint density at radius 3 is 1.62 bits per heavy atom. The van der Waals surface area contributed by atoms with E-state index in [1.54, 1.807) is 0 Å². The van der Waals surface area contributed by atoms with E-state index in [2.05, 4.69) is 6.58 Å². The van der Waals surface area contributed by atoms with Gasteiger partial charge < -0.3 is 18.0 Å². The number of ketones is 1. The third-order valence-electron chi connectivity index (χ3n) is 0.975. The van der Waals surface area contributed by atoms with Gasteiger partial charge in [0.1, 0.15) is 0 Å². The molecule has 3 heteroatoms. The van der Waals surface area contributed by atoms with Gasteiger partial charge in [-0.25, -0.2) is 0 Å². The third-order valence-corrected chi connectivity index (χ3v) is 0.975. The topological polar surface area (TPSA) is 43.1 Å². The molecular formula is C13H25KNO-. The molecule has 0 aliphatic carbocycles. The van der Waals surface area contributed by atoms with Crippen LogP contribution >= 0.6 is 0 Å². The predicted octanol–water partition coefficient (Wildman–Crippen LogP) is 0.470. The Bertz CT molecular complexity index is 192. The molecule has 16 heavy (non-hydrogen) atoms. The summed E-state index contributed by atoms with van der Waals surface area (Å²) in [6.07, 6.45) is 2.95. The van der Waals surface area contributed by atoms with Crippen molar-refractivity contribution in [2.24, 2.45) is 5.73 Å². The van der Waals surface area contributed by atoms with E-state index in [1.807, 2.05) is 27.7 Å². The van der Waals surface area contributed by atoms with Crippen LogP contribution in [0, 0.1) is 14.0 Å². The normalized spacial score (nSPS) is 7.44. The summed E-state index contributed by atoms with van der Waals surface area (Å²) in [5, 5.41) is 0. The molecule has 0 saturated carbocycles. The minimum absolute atomic E-state index is 0. The van der Waals surface area contributed by atoms with Gasteiger partial charge in [0, 0.05) is 0 Å². The third kappa shape index (κ3) is 19.8. The van der Waals surface area contributed by atoms with Crippen LogP contribution in [0.1, 0.15) is 34.6 Å². The van der Waals surface area contributed by atoms with Crippen molar-refractivity contribution in [3.63, 3.8) is 0 Å². The summed E-state index contributed by atoms with van der Waals surface area (Å²) in [7, 11) is 0. The van der Waals surface area contributed by atoms with Crippen molar-refractivity contribution >= 4 is 5.78 Å². The Balaban J connectivity index is -0.0000000602. The number of allylic oxidation sites excluding steroid dienone is 3. The standard InChI is InChI=1S/C8H10NO.2C2H6.CH3.K/c1-4-5-8(6(2)9)7(3)10;2*1-2;;/h2,4-5H,1,9H2,3H3;2*1-2H3;1H3;/q-1;;;-1;+1/b8-5+;;;;. The van der Waals surface area contributed by atoms with Crippen molar-refractivity contribution < 1.29 is 56.2 Å². The summed E-state index contributed by atoms with van der Waals surface area (Å²) in [5.74, 6) is -0.153. The minimum Gasteiger partial charge on any atom is -0.431 e. The largest absolute Gasteiger partial charge is 1.00 e. The molecule has 0 atom stereocenters. The van der Waals surface area contributed by atoms with Gasteiger partial charge in [0.2, 0.25) is 0 Å². The number of rotatable bonds is 3. The van der Waals surface area contributed by atoms with Crippen molar-refractivity contribution in [3.8, 4) is 0 Å². The van der Waals surface area contributed by atoms with E-state index in [4.69, 9.17) is 12.3 Å². The fraction of sp³-hybridized carbons (Fsp3) is 0.385. The van der Waals surface area contributed by atoms with Gasteiger partial charge in [0.15, 0.2) is 0 Å². The molecule has 0 saturated heterocycles. The zero-order valence-corrected chi connectivity index (χ0v) is 15.0. The van der Waals surface area contributed by atoms with Crippen molar-refractivity contribution in [1.29, 1.82) is 0 Å². The fourth-order valence-electron chi connectivity index (χ4n) is 0.535. The van der Waals surface area contributed by atoms with Crippen LogP contribution in [0.2, 0.25) is 0 Å². The first-order valence-corrected chi connectivity index (χ1v) is 4.81. The van der Waals surface area contributed by atoms with Gasteiger partial charge in [-0.15, -0.1) is 23.9 Å². The molecule has 0 aliphatic rings. The second-order valence-corrected chi connectivity index (χ2v) is 1.83. The average Bonchev–Trinajstić information content (AvgIpc) is 2.19. The summed E-state index contributed by atoms with van der Waals surface area (Å²) in [4.78, 5) is 10.7. The zero-order chi connectivity index (χ0) is 12.1. The Morgan fingerprint density at radius 1 is 1.25 bits per heavy atom. The molecule has 0 rings (SSSR count). The number of hydrogen-bond acceptors (Lipinski definition) is 2. The molecule has 0 aromatic carbocycles.